The van der Waals surface area contributed by atoms with Crippen molar-refractivity contribution in [2.24, 2.45) is 0 Å². The average Bonchev–Trinajstić information content (AvgIpc) is 3.22. The van der Waals surface area contributed by atoms with Crippen molar-refractivity contribution in [2.75, 3.05) is 7.11 Å². The highest BCUT2D eigenvalue weighted by Crippen LogP contribution is 2.42. The molecule has 0 saturated heterocycles. The first-order valence-corrected chi connectivity index (χ1v) is 12.9. The van der Waals surface area contributed by atoms with Gasteiger partial charge in [-0.05, 0) is 92.3 Å². The third-order valence-corrected chi connectivity index (χ3v) is 7.70. The van der Waals surface area contributed by atoms with Crippen LogP contribution in [0, 0.1) is 31.3 Å². The zero-order chi connectivity index (χ0) is 25.4. The van der Waals surface area contributed by atoms with E-state index in [2.05, 4.69) is 12.1 Å². The minimum Gasteiger partial charge on any atom is -0.496 e. The molecule has 0 spiro atoms. The molecule has 3 aromatic carbocycles. The number of aromatic nitrogens is 2. The molecule has 1 atom stereocenters. The molecule has 7 heteroatoms. The van der Waals surface area contributed by atoms with Crippen molar-refractivity contribution in [3.05, 3.63) is 106 Å². The van der Waals surface area contributed by atoms with E-state index in [0.29, 0.717) is 10.7 Å². The van der Waals surface area contributed by atoms with Gasteiger partial charge in [0.05, 0.1) is 18.5 Å². The van der Waals surface area contributed by atoms with Crippen molar-refractivity contribution in [3.8, 4) is 11.4 Å². The van der Waals surface area contributed by atoms with Gasteiger partial charge >= 0.3 is 0 Å². The number of hydrogen-bond acceptors (Lipinski definition) is 3. The van der Waals surface area contributed by atoms with E-state index in [1.54, 1.807) is 26.2 Å². The molecule has 0 amide bonds. The first-order chi connectivity index (χ1) is 17.4. The van der Waals surface area contributed by atoms with E-state index in [1.807, 2.05) is 17.6 Å². The van der Waals surface area contributed by atoms with Crippen LogP contribution < -0.4 is 4.74 Å². The van der Waals surface area contributed by atoms with Crippen LogP contribution in [0.25, 0.3) is 5.69 Å². The second-order valence-electron chi connectivity index (χ2n) is 9.21. The first-order valence-electron chi connectivity index (χ1n) is 11.9. The van der Waals surface area contributed by atoms with Crippen LogP contribution in [0.3, 0.4) is 0 Å². The largest absolute Gasteiger partial charge is 0.496 e. The highest BCUT2D eigenvalue weighted by Gasteiger charge is 2.30. The van der Waals surface area contributed by atoms with Crippen LogP contribution in [0.2, 0.25) is 0 Å². The lowest BCUT2D eigenvalue weighted by atomic mass is 9.83. The number of hydrogen-bond donors (Lipinski definition) is 0. The van der Waals surface area contributed by atoms with Crippen LogP contribution in [0.4, 0.5) is 13.2 Å². The summed E-state index contributed by atoms with van der Waals surface area (Å²) in [5.74, 6) is -0.430. The van der Waals surface area contributed by atoms with E-state index >= 15 is 0 Å². The number of methoxy groups -OCH3 is 1. The topological polar surface area (TPSA) is 27.1 Å². The fraction of sp³-hybridized carbons (Fsp3) is 0.276. The highest BCUT2D eigenvalue weighted by atomic mass is 32.2. The number of nitrogens with zero attached hydrogens (tertiary/aromatic N) is 2. The summed E-state index contributed by atoms with van der Waals surface area (Å²) in [5, 5.41) is 0.642. The van der Waals surface area contributed by atoms with E-state index in [1.165, 1.54) is 36.0 Å². The first kappa shape index (κ1) is 24.5. The summed E-state index contributed by atoms with van der Waals surface area (Å²) in [4.78, 5) is 4.94. The van der Waals surface area contributed by atoms with Crippen molar-refractivity contribution >= 4 is 11.8 Å². The number of aryl methyl sites for hydroxylation is 3. The Morgan fingerprint density at radius 3 is 2.39 bits per heavy atom. The van der Waals surface area contributed by atoms with Crippen LogP contribution >= 0.6 is 11.8 Å². The molecule has 0 radical (unpaired) electrons. The number of imidazole rings is 1. The summed E-state index contributed by atoms with van der Waals surface area (Å²) < 4.78 is 50.4. The molecule has 36 heavy (non-hydrogen) atoms. The third kappa shape index (κ3) is 4.64. The van der Waals surface area contributed by atoms with Crippen LogP contribution in [-0.4, -0.2) is 16.7 Å². The third-order valence-electron chi connectivity index (χ3n) is 6.73. The Labute approximate surface area is 213 Å². The molecular weight excluding hydrogens is 481 g/mol. The molecule has 1 aliphatic rings. The van der Waals surface area contributed by atoms with Crippen molar-refractivity contribution in [1.82, 2.24) is 9.55 Å². The van der Waals surface area contributed by atoms with E-state index in [4.69, 9.17) is 9.72 Å². The molecule has 0 bridgehead atoms. The summed E-state index contributed by atoms with van der Waals surface area (Å²) in [7, 11) is 1.66. The van der Waals surface area contributed by atoms with Gasteiger partial charge in [-0.1, -0.05) is 23.9 Å². The van der Waals surface area contributed by atoms with Gasteiger partial charge in [0, 0.05) is 22.9 Å². The lowest BCUT2D eigenvalue weighted by Gasteiger charge is -2.26. The highest BCUT2D eigenvalue weighted by molar-refractivity contribution is 7.98. The fourth-order valence-electron chi connectivity index (χ4n) is 4.99. The number of fused-ring (bicyclic) bond motifs is 1. The zero-order valence-corrected chi connectivity index (χ0v) is 21.3. The SMILES string of the molecule is COc1ccc(C2CCCc3nc(SCc4c(F)cc(C)cc4F)n(-c4ccc(F)cc4)c32)cc1C. The Bertz CT molecular complexity index is 1390. The van der Waals surface area contributed by atoms with Gasteiger partial charge in [-0.3, -0.25) is 4.57 Å². The molecule has 0 N–H and O–H groups in total. The van der Waals surface area contributed by atoms with E-state index in [-0.39, 0.29) is 23.1 Å². The summed E-state index contributed by atoms with van der Waals surface area (Å²) >= 11 is 1.29. The Hall–Kier alpha value is -3.19. The van der Waals surface area contributed by atoms with E-state index < -0.39 is 11.6 Å². The standard InChI is InChI=1S/C29H27F3N2OS/c1-17-13-24(31)23(25(32)14-17)16-36-29-33-26-6-4-5-22(19-7-12-27(35-3)18(2)15-19)28(26)34(29)21-10-8-20(30)9-11-21/h7-15,22H,4-6,16H2,1-3H3. The normalized spacial score (nSPS) is 15.1. The fourth-order valence-corrected chi connectivity index (χ4v) is 6.05. The lowest BCUT2D eigenvalue weighted by molar-refractivity contribution is 0.411. The minimum atomic E-state index is -0.559. The van der Waals surface area contributed by atoms with Crippen LogP contribution in [0.5, 0.6) is 5.75 Å². The smallest absolute Gasteiger partial charge is 0.173 e. The average molecular weight is 509 g/mol. The lowest BCUT2D eigenvalue weighted by Crippen LogP contribution is -2.15. The van der Waals surface area contributed by atoms with Crippen molar-refractivity contribution in [2.45, 2.75) is 49.9 Å². The molecule has 1 aromatic heterocycles. The van der Waals surface area contributed by atoms with Gasteiger partial charge in [0.1, 0.15) is 23.2 Å². The van der Waals surface area contributed by atoms with E-state index in [9.17, 15) is 13.2 Å². The molecule has 1 aliphatic carbocycles. The molecule has 0 saturated carbocycles. The second-order valence-corrected chi connectivity index (χ2v) is 10.2. The summed E-state index contributed by atoms with van der Waals surface area (Å²) in [6.45, 7) is 3.69. The molecular formula is C29H27F3N2OS. The van der Waals surface area contributed by atoms with Gasteiger partial charge in [-0.2, -0.15) is 0 Å². The summed E-state index contributed by atoms with van der Waals surface area (Å²) in [5.41, 5.74) is 5.56. The maximum absolute atomic E-state index is 14.6. The number of ether oxygens (including phenoxy) is 1. The minimum absolute atomic E-state index is 0.0274. The van der Waals surface area contributed by atoms with Gasteiger partial charge in [-0.15, -0.1) is 0 Å². The maximum atomic E-state index is 14.6. The van der Waals surface area contributed by atoms with Crippen LogP contribution in [-0.2, 0) is 12.2 Å². The zero-order valence-electron chi connectivity index (χ0n) is 20.4. The van der Waals surface area contributed by atoms with Crippen molar-refractivity contribution in [3.63, 3.8) is 0 Å². The van der Waals surface area contributed by atoms with Gasteiger partial charge < -0.3 is 4.74 Å². The molecule has 3 nitrogen and oxygen atoms in total. The molecule has 1 heterocycles. The Kier molecular flexibility index (Phi) is 6.84. The van der Waals surface area contributed by atoms with E-state index in [0.717, 1.165) is 53.2 Å². The number of halogens is 3. The Morgan fingerprint density at radius 2 is 1.72 bits per heavy atom. The number of thioether (sulfide) groups is 1. The predicted octanol–water partition coefficient (Wildman–Crippen LogP) is 7.68. The molecule has 1 unspecified atom stereocenters. The van der Waals surface area contributed by atoms with Crippen molar-refractivity contribution < 1.29 is 17.9 Å². The summed E-state index contributed by atoms with van der Waals surface area (Å²) in [6, 6.07) is 15.2. The van der Waals surface area contributed by atoms with Crippen molar-refractivity contribution in [1.29, 1.82) is 0 Å². The van der Waals surface area contributed by atoms with Gasteiger partial charge in [0.25, 0.3) is 0 Å². The molecule has 4 aromatic rings. The van der Waals surface area contributed by atoms with Gasteiger partial charge in [-0.25, -0.2) is 18.2 Å². The Balaban J connectivity index is 1.60. The Morgan fingerprint density at radius 1 is 1.00 bits per heavy atom. The quantitative estimate of drug-likeness (QED) is 0.250. The maximum Gasteiger partial charge on any atom is 0.173 e. The summed E-state index contributed by atoms with van der Waals surface area (Å²) in [6.07, 6.45) is 2.74. The molecule has 186 valence electrons. The molecule has 0 fully saturated rings. The monoisotopic (exact) mass is 508 g/mol. The second kappa shape index (κ2) is 10.1. The molecule has 5 rings (SSSR count). The van der Waals surface area contributed by atoms with Crippen LogP contribution in [0.15, 0.2) is 59.8 Å². The van der Waals surface area contributed by atoms with Gasteiger partial charge in [0.15, 0.2) is 5.16 Å². The van der Waals surface area contributed by atoms with Crippen LogP contribution in [0.1, 0.15) is 52.4 Å². The number of rotatable bonds is 6. The predicted molar refractivity (Wildman–Crippen MR) is 137 cm³/mol. The molecule has 0 aliphatic heterocycles. The van der Waals surface area contributed by atoms with Gasteiger partial charge in [0.2, 0.25) is 0 Å². The number of benzene rings is 3.